The van der Waals surface area contributed by atoms with E-state index in [0.29, 0.717) is 6.54 Å². The minimum Gasteiger partial charge on any atom is -0.504 e. The van der Waals surface area contributed by atoms with Crippen molar-refractivity contribution in [2.24, 2.45) is 5.92 Å². The summed E-state index contributed by atoms with van der Waals surface area (Å²) in [5.41, 5.74) is 2.05. The van der Waals surface area contributed by atoms with Crippen LogP contribution in [0.4, 0.5) is 0 Å². The fourth-order valence-electron chi connectivity index (χ4n) is 4.20. The fourth-order valence-corrected chi connectivity index (χ4v) is 4.20. The quantitative estimate of drug-likeness (QED) is 0.629. The highest BCUT2D eigenvalue weighted by molar-refractivity contribution is 5.81. The second-order valence-corrected chi connectivity index (χ2v) is 6.38. The number of carbonyl (C=O) groups is 1. The van der Waals surface area contributed by atoms with E-state index < -0.39 is 0 Å². The topological polar surface area (TPSA) is 72.8 Å². The molecule has 0 spiro atoms. The monoisotopic (exact) mass is 288 g/mol. The fraction of sp³-hybridized carbons (Fsp3) is 0.562. The van der Waals surface area contributed by atoms with E-state index in [2.05, 4.69) is 5.32 Å². The van der Waals surface area contributed by atoms with Crippen molar-refractivity contribution in [2.75, 3.05) is 13.1 Å². The summed E-state index contributed by atoms with van der Waals surface area (Å²) in [4.78, 5) is 14.7. The Morgan fingerprint density at radius 3 is 2.90 bits per heavy atom. The Morgan fingerprint density at radius 1 is 1.24 bits per heavy atom. The number of carbonyl (C=O) groups excluding carboxylic acids is 1. The molecule has 0 radical (unpaired) electrons. The third-order valence-corrected chi connectivity index (χ3v) is 5.26. The van der Waals surface area contributed by atoms with E-state index >= 15 is 0 Å². The molecule has 1 aromatic carbocycles. The second kappa shape index (κ2) is 4.63. The number of rotatable bonds is 0. The zero-order valence-corrected chi connectivity index (χ0v) is 11.9. The van der Waals surface area contributed by atoms with Gasteiger partial charge in [-0.05, 0) is 55.5 Å². The van der Waals surface area contributed by atoms with E-state index in [1.54, 1.807) is 12.1 Å². The molecule has 2 fully saturated rings. The minimum absolute atomic E-state index is 0.0274. The Hall–Kier alpha value is -1.75. The summed E-state index contributed by atoms with van der Waals surface area (Å²) in [7, 11) is 0. The Morgan fingerprint density at radius 2 is 2.05 bits per heavy atom. The summed E-state index contributed by atoms with van der Waals surface area (Å²) >= 11 is 0. The van der Waals surface area contributed by atoms with E-state index in [1.807, 2.05) is 4.90 Å². The van der Waals surface area contributed by atoms with Gasteiger partial charge < -0.3 is 20.4 Å². The van der Waals surface area contributed by atoms with E-state index in [0.717, 1.165) is 43.4 Å². The number of piperidine rings is 2. The molecule has 3 atom stereocenters. The van der Waals surface area contributed by atoms with Crippen LogP contribution in [0.5, 0.6) is 11.5 Å². The van der Waals surface area contributed by atoms with Crippen molar-refractivity contribution < 1.29 is 15.0 Å². The van der Waals surface area contributed by atoms with Crippen LogP contribution >= 0.6 is 0 Å². The normalized spacial score (nSPS) is 31.3. The van der Waals surface area contributed by atoms with Gasteiger partial charge in [0.05, 0.1) is 12.0 Å². The van der Waals surface area contributed by atoms with E-state index in [1.165, 1.54) is 0 Å². The molecule has 4 rings (SSSR count). The van der Waals surface area contributed by atoms with Crippen molar-refractivity contribution >= 4 is 5.91 Å². The molecular weight excluding hydrogens is 268 g/mol. The maximum absolute atomic E-state index is 12.7. The van der Waals surface area contributed by atoms with Gasteiger partial charge in [0, 0.05) is 12.6 Å². The van der Waals surface area contributed by atoms with Crippen LogP contribution in [-0.4, -0.2) is 40.2 Å². The molecule has 0 aromatic heterocycles. The maximum Gasteiger partial charge on any atom is 0.227 e. The summed E-state index contributed by atoms with van der Waals surface area (Å²) < 4.78 is 0. The molecule has 5 heteroatoms. The Kier molecular flexibility index (Phi) is 2.85. The van der Waals surface area contributed by atoms with Crippen LogP contribution in [0.3, 0.4) is 0 Å². The standard InChI is InChI=1S/C16H20N2O3/c19-14-6-9-3-5-18-13(11(9)7-15(14)20)8-12-10(16(18)21)2-1-4-17-12/h6-7,10,12-13,17,19-20H,1-5,8H2/t10-,12-,13-/m0/s1. The zero-order valence-electron chi connectivity index (χ0n) is 11.9. The zero-order chi connectivity index (χ0) is 14.6. The third kappa shape index (κ3) is 1.91. The lowest BCUT2D eigenvalue weighted by Crippen LogP contribution is -2.57. The number of nitrogens with zero attached hydrogens (tertiary/aromatic N) is 1. The molecule has 3 aliphatic heterocycles. The molecule has 1 amide bonds. The van der Waals surface area contributed by atoms with Crippen LogP contribution in [-0.2, 0) is 11.2 Å². The van der Waals surface area contributed by atoms with Gasteiger partial charge in [0.15, 0.2) is 11.5 Å². The highest BCUT2D eigenvalue weighted by atomic mass is 16.3. The summed E-state index contributed by atoms with van der Waals surface area (Å²) in [5.74, 6) is 0.198. The SMILES string of the molecule is O=C1[C@H]2CCCN[C@H]2C[C@H]2c3cc(O)c(O)cc3CCN12. The molecular formula is C16H20N2O3. The lowest BCUT2D eigenvalue weighted by molar-refractivity contribution is -0.145. The maximum atomic E-state index is 12.7. The van der Waals surface area contributed by atoms with Gasteiger partial charge >= 0.3 is 0 Å². The summed E-state index contributed by atoms with van der Waals surface area (Å²) in [5, 5.41) is 22.9. The first-order valence-electron chi connectivity index (χ1n) is 7.74. The molecule has 0 unspecified atom stereocenters. The van der Waals surface area contributed by atoms with Crippen molar-refractivity contribution in [3.63, 3.8) is 0 Å². The summed E-state index contributed by atoms with van der Waals surface area (Å²) in [6, 6.07) is 3.55. The van der Waals surface area contributed by atoms with Gasteiger partial charge in [-0.15, -0.1) is 0 Å². The number of phenolic OH excluding ortho intramolecular Hbond substituents is 2. The number of nitrogens with one attached hydrogen (secondary N) is 1. The van der Waals surface area contributed by atoms with Crippen molar-refractivity contribution in [3.05, 3.63) is 23.3 Å². The van der Waals surface area contributed by atoms with Crippen LogP contribution in [0.1, 0.15) is 36.4 Å². The minimum atomic E-state index is -0.0956. The summed E-state index contributed by atoms with van der Waals surface area (Å²) in [6.45, 7) is 1.69. The highest BCUT2D eigenvalue weighted by Crippen LogP contribution is 2.43. The second-order valence-electron chi connectivity index (χ2n) is 6.38. The summed E-state index contributed by atoms with van der Waals surface area (Å²) in [6.07, 6.45) is 3.69. The lowest BCUT2D eigenvalue weighted by Gasteiger charge is -2.48. The van der Waals surface area contributed by atoms with E-state index in [9.17, 15) is 15.0 Å². The Balaban J connectivity index is 1.73. The molecule has 0 bridgehead atoms. The first-order chi connectivity index (χ1) is 10.1. The van der Waals surface area contributed by atoms with Crippen LogP contribution < -0.4 is 5.32 Å². The van der Waals surface area contributed by atoms with Crippen LogP contribution in [0, 0.1) is 5.92 Å². The van der Waals surface area contributed by atoms with Crippen molar-refractivity contribution in [1.29, 1.82) is 0 Å². The molecule has 1 aromatic rings. The van der Waals surface area contributed by atoms with Crippen molar-refractivity contribution in [2.45, 2.75) is 37.8 Å². The first kappa shape index (κ1) is 13.0. The third-order valence-electron chi connectivity index (χ3n) is 5.26. The number of benzene rings is 1. The number of fused-ring (bicyclic) bond motifs is 4. The van der Waals surface area contributed by atoms with Gasteiger partial charge in [0.25, 0.3) is 0 Å². The molecule has 0 saturated carbocycles. The van der Waals surface area contributed by atoms with Gasteiger partial charge in [-0.1, -0.05) is 0 Å². The predicted octanol–water partition coefficient (Wildman–Crippen LogP) is 1.30. The largest absolute Gasteiger partial charge is 0.504 e. The van der Waals surface area contributed by atoms with E-state index in [4.69, 9.17) is 0 Å². The number of amides is 1. The van der Waals surface area contributed by atoms with E-state index in [-0.39, 0.29) is 35.4 Å². The number of phenols is 2. The smallest absolute Gasteiger partial charge is 0.227 e. The molecule has 3 N–H and O–H groups in total. The number of hydrogen-bond donors (Lipinski definition) is 3. The van der Waals surface area contributed by atoms with Gasteiger partial charge in [0.2, 0.25) is 5.91 Å². The first-order valence-corrected chi connectivity index (χ1v) is 7.74. The number of hydrogen-bond acceptors (Lipinski definition) is 4. The van der Waals surface area contributed by atoms with Crippen LogP contribution in [0.25, 0.3) is 0 Å². The van der Waals surface area contributed by atoms with Gasteiger partial charge in [-0.2, -0.15) is 0 Å². The van der Waals surface area contributed by atoms with Gasteiger partial charge in [0.1, 0.15) is 0 Å². The average Bonchev–Trinajstić information content (AvgIpc) is 2.49. The lowest BCUT2D eigenvalue weighted by atomic mass is 9.77. The Bertz CT molecular complexity index is 601. The number of aromatic hydroxyl groups is 2. The van der Waals surface area contributed by atoms with Crippen molar-refractivity contribution in [3.8, 4) is 11.5 Å². The van der Waals surface area contributed by atoms with Crippen LogP contribution in [0.15, 0.2) is 12.1 Å². The Labute approximate surface area is 123 Å². The molecule has 21 heavy (non-hydrogen) atoms. The molecule has 5 nitrogen and oxygen atoms in total. The van der Waals surface area contributed by atoms with Gasteiger partial charge in [-0.3, -0.25) is 4.79 Å². The molecule has 3 aliphatic rings. The highest BCUT2D eigenvalue weighted by Gasteiger charge is 2.45. The molecule has 0 aliphatic carbocycles. The predicted molar refractivity (Wildman–Crippen MR) is 77.1 cm³/mol. The van der Waals surface area contributed by atoms with Crippen LogP contribution in [0.2, 0.25) is 0 Å². The molecule has 2 saturated heterocycles. The van der Waals surface area contributed by atoms with Crippen molar-refractivity contribution in [1.82, 2.24) is 10.2 Å². The molecule has 3 heterocycles. The average molecular weight is 288 g/mol. The van der Waals surface area contributed by atoms with Gasteiger partial charge in [-0.25, -0.2) is 0 Å². The molecule has 112 valence electrons.